The normalized spacial score (nSPS) is 47.8. The van der Waals surface area contributed by atoms with Gasteiger partial charge >= 0.3 is 0 Å². The maximum Gasteiger partial charge on any atom is 0.125 e. The summed E-state index contributed by atoms with van der Waals surface area (Å²) in [4.78, 5) is 0. The molecule has 2 aliphatic heterocycles. The Morgan fingerprint density at radius 2 is 1.25 bits per heavy atom. The minimum atomic E-state index is 0.606. The molecule has 2 heterocycles. The molecule has 2 fully saturated rings. The predicted molar refractivity (Wildman–Crippen MR) is 54.8 cm³/mol. The van der Waals surface area contributed by atoms with Crippen LogP contribution in [0, 0.1) is 0 Å². The number of hydrogen-bond acceptors (Lipinski definition) is 0. The lowest BCUT2D eigenvalue weighted by Crippen LogP contribution is -2.20. The molecule has 0 amide bonds. The van der Waals surface area contributed by atoms with E-state index in [1.165, 1.54) is 44.9 Å². The average Bonchev–Trinajstić information content (AvgIpc) is 2.28. The van der Waals surface area contributed by atoms with Crippen molar-refractivity contribution < 1.29 is 0 Å². The van der Waals surface area contributed by atoms with E-state index in [-0.39, 0.29) is 0 Å². The van der Waals surface area contributed by atoms with E-state index in [1.807, 2.05) is 0 Å². The fraction of sp³-hybridized carbons (Fsp3) is 1.00. The minimum absolute atomic E-state index is 0.606. The van der Waals surface area contributed by atoms with Gasteiger partial charge in [0.25, 0.3) is 0 Å². The summed E-state index contributed by atoms with van der Waals surface area (Å²) in [7, 11) is 2.68. The van der Waals surface area contributed by atoms with Crippen LogP contribution in [0.2, 0.25) is 10.6 Å². The molecule has 0 aromatic heterocycles. The van der Waals surface area contributed by atoms with Crippen LogP contribution >= 0.6 is 0 Å². The fourth-order valence-corrected chi connectivity index (χ4v) is 3.19. The van der Waals surface area contributed by atoms with E-state index in [4.69, 9.17) is 0 Å². The highest BCUT2D eigenvalue weighted by Gasteiger charge is 2.43. The molecule has 2 atom stereocenters. The Morgan fingerprint density at radius 1 is 0.750 bits per heavy atom. The first-order valence-corrected chi connectivity index (χ1v) is 5.49. The van der Waals surface area contributed by atoms with Crippen LogP contribution in [0.15, 0.2) is 0 Å². The van der Waals surface area contributed by atoms with Crippen molar-refractivity contribution >= 4 is 7.28 Å². The Labute approximate surface area is 77.4 Å². The Balaban J connectivity index is 2.11. The molecule has 0 aliphatic carbocycles. The zero-order valence-electron chi connectivity index (χ0n) is 8.53. The van der Waals surface area contributed by atoms with E-state index in [0.717, 1.165) is 0 Å². The van der Waals surface area contributed by atoms with Gasteiger partial charge in [-0.3, -0.25) is 0 Å². The van der Waals surface area contributed by atoms with E-state index in [0.29, 0.717) is 10.6 Å². The fourth-order valence-electron chi connectivity index (χ4n) is 3.19. The first-order chi connectivity index (χ1) is 5.62. The maximum absolute atomic E-state index is 2.68. The molecule has 0 aromatic carbocycles. The Kier molecular flexibility index (Phi) is 2.01. The Bertz CT molecular complexity index is 152. The van der Waals surface area contributed by atoms with E-state index >= 15 is 0 Å². The van der Waals surface area contributed by atoms with Gasteiger partial charge in [-0.25, -0.2) is 0 Å². The van der Waals surface area contributed by atoms with E-state index in [2.05, 4.69) is 21.1 Å². The molecular weight excluding hydrogens is 143 g/mol. The van der Waals surface area contributed by atoms with Crippen LogP contribution < -0.4 is 0 Å². The molecule has 1 radical (unpaired) electrons. The van der Waals surface area contributed by atoms with Crippen LogP contribution in [0.5, 0.6) is 0 Å². The lowest BCUT2D eigenvalue weighted by molar-refractivity contribution is 0.498. The van der Waals surface area contributed by atoms with Gasteiger partial charge in [0, 0.05) is 0 Å². The van der Waals surface area contributed by atoms with Crippen LogP contribution in [0.4, 0.5) is 0 Å². The molecule has 2 unspecified atom stereocenters. The zero-order valence-corrected chi connectivity index (χ0v) is 8.53. The highest BCUT2D eigenvalue weighted by atomic mass is 14.4. The summed E-state index contributed by atoms with van der Waals surface area (Å²) >= 11 is 0. The van der Waals surface area contributed by atoms with Crippen LogP contribution in [0.3, 0.4) is 0 Å². The van der Waals surface area contributed by atoms with Gasteiger partial charge in [-0.2, -0.15) is 0 Å². The molecule has 0 nitrogen and oxygen atoms in total. The molecule has 0 aromatic rings. The second kappa shape index (κ2) is 2.78. The van der Waals surface area contributed by atoms with Crippen molar-refractivity contribution in [1.82, 2.24) is 0 Å². The number of fused-ring (bicyclic) bond motifs is 2. The summed E-state index contributed by atoms with van der Waals surface area (Å²) in [5.41, 5.74) is 0. The van der Waals surface area contributed by atoms with Gasteiger partial charge in [-0.15, -0.1) is 0 Å². The van der Waals surface area contributed by atoms with Crippen molar-refractivity contribution in [3.05, 3.63) is 0 Å². The van der Waals surface area contributed by atoms with Gasteiger partial charge < -0.3 is 0 Å². The summed E-state index contributed by atoms with van der Waals surface area (Å²) in [6, 6.07) is 0. The third-order valence-electron chi connectivity index (χ3n) is 3.96. The standard InChI is InChI=1S/C11H20B/c1-10-6-4-3-5-7-11(2,12-10)9-8-10/h3-9H2,1-2H3. The van der Waals surface area contributed by atoms with Crippen molar-refractivity contribution in [3.8, 4) is 0 Å². The molecule has 2 saturated heterocycles. The van der Waals surface area contributed by atoms with Crippen LogP contribution in [-0.4, -0.2) is 7.28 Å². The summed E-state index contributed by atoms with van der Waals surface area (Å²) in [6.45, 7) is 4.92. The molecular formula is C11H20B. The van der Waals surface area contributed by atoms with Crippen molar-refractivity contribution in [2.24, 2.45) is 0 Å². The smallest absolute Gasteiger partial charge is 0.0669 e. The van der Waals surface area contributed by atoms with Crippen molar-refractivity contribution in [2.75, 3.05) is 0 Å². The van der Waals surface area contributed by atoms with Gasteiger partial charge in [0.05, 0.1) is 0 Å². The largest absolute Gasteiger partial charge is 0.125 e. The number of hydrogen-bond donors (Lipinski definition) is 0. The molecule has 1 heteroatoms. The van der Waals surface area contributed by atoms with Crippen LogP contribution in [-0.2, 0) is 0 Å². The van der Waals surface area contributed by atoms with Crippen molar-refractivity contribution in [2.45, 2.75) is 69.4 Å². The lowest BCUT2D eigenvalue weighted by Gasteiger charge is -2.30. The van der Waals surface area contributed by atoms with Gasteiger partial charge in [0.2, 0.25) is 0 Å². The van der Waals surface area contributed by atoms with Crippen LogP contribution in [0.1, 0.15) is 58.8 Å². The van der Waals surface area contributed by atoms with E-state index in [1.54, 1.807) is 0 Å². The number of rotatable bonds is 0. The minimum Gasteiger partial charge on any atom is -0.0669 e. The molecule has 0 spiro atoms. The molecule has 0 N–H and O–H groups in total. The summed E-state index contributed by atoms with van der Waals surface area (Å²) in [5.74, 6) is 0. The van der Waals surface area contributed by atoms with Gasteiger partial charge in [0.15, 0.2) is 0 Å². The molecule has 0 saturated carbocycles. The predicted octanol–water partition coefficient (Wildman–Crippen LogP) is 3.81. The lowest BCUT2D eigenvalue weighted by atomic mass is 9.42. The second-order valence-corrected chi connectivity index (χ2v) is 5.51. The molecule has 2 bridgehead atoms. The summed E-state index contributed by atoms with van der Waals surface area (Å²) in [6.07, 6.45) is 10.2. The summed E-state index contributed by atoms with van der Waals surface area (Å²) < 4.78 is 0. The average molecular weight is 163 g/mol. The monoisotopic (exact) mass is 163 g/mol. The van der Waals surface area contributed by atoms with E-state index < -0.39 is 0 Å². The van der Waals surface area contributed by atoms with Gasteiger partial charge in [0.1, 0.15) is 7.28 Å². The third kappa shape index (κ3) is 1.55. The summed E-state index contributed by atoms with van der Waals surface area (Å²) in [5, 5.41) is 1.21. The quantitative estimate of drug-likeness (QED) is 0.476. The Morgan fingerprint density at radius 3 is 1.75 bits per heavy atom. The first kappa shape index (κ1) is 8.65. The van der Waals surface area contributed by atoms with Crippen molar-refractivity contribution in [1.29, 1.82) is 0 Å². The second-order valence-electron chi connectivity index (χ2n) is 5.51. The topological polar surface area (TPSA) is 0 Å². The molecule has 67 valence electrons. The SMILES string of the molecule is CC12[B]C(C)(CCCCC1)CC2. The molecule has 12 heavy (non-hydrogen) atoms. The third-order valence-corrected chi connectivity index (χ3v) is 3.96. The zero-order chi connectivity index (χ0) is 8.66. The van der Waals surface area contributed by atoms with Crippen LogP contribution in [0.25, 0.3) is 0 Å². The van der Waals surface area contributed by atoms with Gasteiger partial charge in [-0.05, 0) is 0 Å². The maximum atomic E-state index is 2.68. The molecule has 2 rings (SSSR count). The van der Waals surface area contributed by atoms with Gasteiger partial charge in [-0.1, -0.05) is 69.4 Å². The highest BCUT2D eigenvalue weighted by molar-refractivity contribution is 6.45. The first-order valence-electron chi connectivity index (χ1n) is 5.49. The molecule has 2 aliphatic rings. The highest BCUT2D eigenvalue weighted by Crippen LogP contribution is 2.57. The van der Waals surface area contributed by atoms with Crippen molar-refractivity contribution in [3.63, 3.8) is 0 Å². The Hall–Kier alpha value is 0.0649. The van der Waals surface area contributed by atoms with E-state index in [9.17, 15) is 0 Å².